The van der Waals surface area contributed by atoms with Crippen molar-refractivity contribution in [2.75, 3.05) is 44.4 Å². The lowest BCUT2D eigenvalue weighted by atomic mass is 9.95. The minimum absolute atomic E-state index is 0.0174. The molecule has 3 rings (SSSR count). The quantitative estimate of drug-likeness (QED) is 0.685. The molecule has 9 heteroatoms. The maximum Gasteiger partial charge on any atom is 0.238 e. The van der Waals surface area contributed by atoms with Gasteiger partial charge in [-0.05, 0) is 45.0 Å². The molecule has 0 bridgehead atoms. The van der Waals surface area contributed by atoms with Crippen molar-refractivity contribution in [3.63, 3.8) is 0 Å². The summed E-state index contributed by atoms with van der Waals surface area (Å²) in [7, 11) is 3.56. The van der Waals surface area contributed by atoms with Crippen LogP contribution in [0.15, 0.2) is 24.3 Å². The molecule has 0 spiro atoms. The number of hydrogen-bond acceptors (Lipinski definition) is 6. The second kappa shape index (κ2) is 10.5. The first-order chi connectivity index (χ1) is 15.3. The smallest absolute Gasteiger partial charge is 0.238 e. The van der Waals surface area contributed by atoms with Crippen LogP contribution in [0.2, 0.25) is 0 Å². The van der Waals surface area contributed by atoms with Crippen molar-refractivity contribution in [3.05, 3.63) is 47.2 Å². The molecule has 2 aromatic rings. The van der Waals surface area contributed by atoms with E-state index in [0.717, 1.165) is 43.3 Å². The van der Waals surface area contributed by atoms with Crippen LogP contribution in [0.1, 0.15) is 42.8 Å². The van der Waals surface area contributed by atoms with Gasteiger partial charge in [-0.25, -0.2) is 14.4 Å². The third-order valence-electron chi connectivity index (χ3n) is 5.85. The van der Waals surface area contributed by atoms with E-state index in [1.165, 1.54) is 13.0 Å². The highest BCUT2D eigenvalue weighted by molar-refractivity contribution is 5.93. The number of nitrogens with zero attached hydrogens (tertiary/aromatic N) is 4. The summed E-state index contributed by atoms with van der Waals surface area (Å²) in [6, 6.07) is 6.53. The predicted molar refractivity (Wildman–Crippen MR) is 122 cm³/mol. The molecular formula is C23H31FN6O2. The van der Waals surface area contributed by atoms with E-state index in [4.69, 9.17) is 4.98 Å². The van der Waals surface area contributed by atoms with Crippen LogP contribution in [0.25, 0.3) is 0 Å². The molecule has 0 radical (unpaired) electrons. The maximum atomic E-state index is 13.7. The van der Waals surface area contributed by atoms with Gasteiger partial charge in [0.1, 0.15) is 17.5 Å². The highest BCUT2D eigenvalue weighted by Crippen LogP contribution is 2.27. The topological polar surface area (TPSA) is 90.5 Å². The van der Waals surface area contributed by atoms with E-state index in [-0.39, 0.29) is 30.1 Å². The standard InChI is InChI=1S/C23H31FN6O2/c1-15-19(24)6-5-7-20(15)27-22(32)14-30-10-8-17(9-11-30)23-26-18(12-21(25-3)28-23)13-29(4)16(2)31/h5-7,12,17H,8-11,13-14H2,1-4H3,(H,27,32)(H,25,26,28). The summed E-state index contributed by atoms with van der Waals surface area (Å²) < 4.78 is 13.7. The number of carbonyl (C=O) groups is 2. The molecule has 0 aliphatic carbocycles. The van der Waals surface area contributed by atoms with E-state index >= 15 is 0 Å². The van der Waals surface area contributed by atoms with Crippen LogP contribution in [-0.4, -0.2) is 65.3 Å². The molecular weight excluding hydrogens is 411 g/mol. The van der Waals surface area contributed by atoms with Gasteiger partial charge in [0, 0.05) is 44.3 Å². The van der Waals surface area contributed by atoms with Crippen LogP contribution in [0.3, 0.4) is 0 Å². The largest absolute Gasteiger partial charge is 0.373 e. The van der Waals surface area contributed by atoms with Gasteiger partial charge in [0.25, 0.3) is 0 Å². The fourth-order valence-electron chi connectivity index (χ4n) is 3.75. The lowest BCUT2D eigenvalue weighted by Crippen LogP contribution is -2.39. The summed E-state index contributed by atoms with van der Waals surface area (Å²) in [5.74, 6) is 1.18. The van der Waals surface area contributed by atoms with Crippen LogP contribution in [0.5, 0.6) is 0 Å². The van der Waals surface area contributed by atoms with Crippen molar-refractivity contribution in [2.45, 2.75) is 39.2 Å². The SMILES string of the molecule is CNc1cc(CN(C)C(C)=O)nc(C2CCN(CC(=O)Nc3cccc(F)c3C)CC2)n1. The Labute approximate surface area is 188 Å². The van der Waals surface area contributed by atoms with Gasteiger partial charge in [-0.3, -0.25) is 14.5 Å². The first kappa shape index (κ1) is 23.6. The summed E-state index contributed by atoms with van der Waals surface area (Å²) in [4.78, 5) is 37.1. The third-order valence-corrected chi connectivity index (χ3v) is 5.85. The number of halogens is 1. The zero-order valence-corrected chi connectivity index (χ0v) is 19.1. The number of rotatable bonds is 7. The van der Waals surface area contributed by atoms with Gasteiger partial charge in [0.15, 0.2) is 0 Å². The molecule has 2 amide bonds. The molecule has 2 N–H and O–H groups in total. The molecule has 1 aromatic heterocycles. The Balaban J connectivity index is 1.58. The van der Waals surface area contributed by atoms with Gasteiger partial charge in [-0.1, -0.05) is 6.07 Å². The van der Waals surface area contributed by atoms with E-state index in [1.54, 1.807) is 31.0 Å². The summed E-state index contributed by atoms with van der Waals surface area (Å²) >= 11 is 0. The van der Waals surface area contributed by atoms with E-state index in [0.29, 0.717) is 17.8 Å². The Morgan fingerprint density at radius 1 is 1.25 bits per heavy atom. The minimum atomic E-state index is -0.332. The van der Waals surface area contributed by atoms with Gasteiger partial charge in [-0.15, -0.1) is 0 Å². The molecule has 2 heterocycles. The number of amides is 2. The van der Waals surface area contributed by atoms with Gasteiger partial charge < -0.3 is 15.5 Å². The summed E-state index contributed by atoms with van der Waals surface area (Å²) in [5, 5.41) is 5.88. The van der Waals surface area contributed by atoms with Gasteiger partial charge in [-0.2, -0.15) is 0 Å². The van der Waals surface area contributed by atoms with Crippen molar-refractivity contribution < 1.29 is 14.0 Å². The van der Waals surface area contributed by atoms with Gasteiger partial charge in [0.05, 0.1) is 18.8 Å². The van der Waals surface area contributed by atoms with Crippen LogP contribution >= 0.6 is 0 Å². The second-order valence-corrected chi connectivity index (χ2v) is 8.24. The van der Waals surface area contributed by atoms with Crippen molar-refractivity contribution in [3.8, 4) is 0 Å². The molecule has 0 saturated carbocycles. The Hall–Kier alpha value is -3.07. The number of benzene rings is 1. The second-order valence-electron chi connectivity index (χ2n) is 8.24. The van der Waals surface area contributed by atoms with Crippen molar-refractivity contribution >= 4 is 23.3 Å². The normalized spacial score (nSPS) is 14.8. The first-order valence-corrected chi connectivity index (χ1v) is 10.8. The molecule has 1 saturated heterocycles. The zero-order valence-electron chi connectivity index (χ0n) is 19.1. The van der Waals surface area contributed by atoms with Crippen LogP contribution in [0, 0.1) is 12.7 Å². The molecule has 8 nitrogen and oxygen atoms in total. The lowest BCUT2D eigenvalue weighted by Gasteiger charge is -2.31. The van der Waals surface area contributed by atoms with Crippen LogP contribution in [-0.2, 0) is 16.1 Å². The minimum Gasteiger partial charge on any atom is -0.373 e. The average molecular weight is 443 g/mol. The van der Waals surface area contributed by atoms with E-state index in [9.17, 15) is 14.0 Å². The molecule has 1 fully saturated rings. The molecule has 1 aliphatic heterocycles. The number of aromatic nitrogens is 2. The van der Waals surface area contributed by atoms with Gasteiger partial charge in [0.2, 0.25) is 11.8 Å². The highest BCUT2D eigenvalue weighted by atomic mass is 19.1. The number of likely N-dealkylation sites (tertiary alicyclic amines) is 1. The fraction of sp³-hybridized carbons (Fsp3) is 0.478. The Morgan fingerprint density at radius 2 is 1.97 bits per heavy atom. The Kier molecular flexibility index (Phi) is 7.74. The summed E-state index contributed by atoms with van der Waals surface area (Å²) in [6.07, 6.45) is 1.67. The van der Waals surface area contributed by atoms with Crippen molar-refractivity contribution in [1.29, 1.82) is 0 Å². The number of piperidine rings is 1. The molecule has 32 heavy (non-hydrogen) atoms. The Morgan fingerprint density at radius 3 is 2.62 bits per heavy atom. The summed E-state index contributed by atoms with van der Waals surface area (Å²) in [6.45, 7) is 5.36. The number of carbonyl (C=O) groups excluding carboxylic acids is 2. The number of anilines is 2. The molecule has 1 aromatic carbocycles. The predicted octanol–water partition coefficient (Wildman–Crippen LogP) is 2.76. The maximum absolute atomic E-state index is 13.7. The van der Waals surface area contributed by atoms with Crippen LogP contribution in [0.4, 0.5) is 15.9 Å². The van der Waals surface area contributed by atoms with E-state index in [1.807, 2.05) is 13.1 Å². The lowest BCUT2D eigenvalue weighted by molar-refractivity contribution is -0.128. The van der Waals surface area contributed by atoms with Crippen LogP contribution < -0.4 is 10.6 Å². The molecule has 0 atom stereocenters. The van der Waals surface area contributed by atoms with Crippen molar-refractivity contribution in [1.82, 2.24) is 19.8 Å². The molecule has 1 aliphatic rings. The average Bonchev–Trinajstić information content (AvgIpc) is 2.77. The molecule has 172 valence electrons. The highest BCUT2D eigenvalue weighted by Gasteiger charge is 2.25. The number of nitrogens with one attached hydrogen (secondary N) is 2. The molecule has 0 unspecified atom stereocenters. The zero-order chi connectivity index (χ0) is 23.3. The Bertz CT molecular complexity index is 975. The summed E-state index contributed by atoms with van der Waals surface area (Å²) in [5.41, 5.74) is 1.74. The van der Waals surface area contributed by atoms with Gasteiger partial charge >= 0.3 is 0 Å². The van der Waals surface area contributed by atoms with E-state index in [2.05, 4.69) is 20.5 Å². The number of hydrogen-bond donors (Lipinski definition) is 2. The third kappa shape index (κ3) is 6.00. The fourth-order valence-corrected chi connectivity index (χ4v) is 3.75. The van der Waals surface area contributed by atoms with E-state index < -0.39 is 0 Å². The first-order valence-electron chi connectivity index (χ1n) is 10.8. The monoisotopic (exact) mass is 442 g/mol. The van der Waals surface area contributed by atoms with Crippen molar-refractivity contribution in [2.24, 2.45) is 0 Å².